The average Bonchev–Trinajstić information content (AvgIpc) is 1.60. The topological polar surface area (TPSA) is 63.6 Å². The van der Waals surface area contributed by atoms with Crippen LogP contribution < -0.4 is 0 Å². The van der Waals surface area contributed by atoms with E-state index in [1.54, 1.807) is 20.8 Å². The summed E-state index contributed by atoms with van der Waals surface area (Å²) in [5.41, 5.74) is -0.387. The van der Waals surface area contributed by atoms with Gasteiger partial charge >= 0.3 is 0 Å². The highest BCUT2D eigenvalue weighted by molar-refractivity contribution is 7.86. The second-order valence-corrected chi connectivity index (χ2v) is 4.89. The summed E-state index contributed by atoms with van der Waals surface area (Å²) in [5.74, 6) is -0.184. The van der Waals surface area contributed by atoms with E-state index in [2.05, 4.69) is 4.33 Å². The van der Waals surface area contributed by atoms with E-state index in [0.29, 0.717) is 0 Å². The van der Waals surface area contributed by atoms with E-state index in [-0.39, 0.29) is 11.2 Å². The maximum Gasteiger partial charge on any atom is 0.293 e. The maximum absolute atomic E-state index is 10.5. The Hall–Kier alpha value is -0.130. The number of rotatable bonds is 2. The lowest BCUT2D eigenvalue weighted by Gasteiger charge is -2.15. The van der Waals surface area contributed by atoms with Crippen molar-refractivity contribution in [3.8, 4) is 0 Å². The van der Waals surface area contributed by atoms with E-state index >= 15 is 0 Å². The van der Waals surface area contributed by atoms with Gasteiger partial charge in [0.2, 0.25) is 0 Å². The Balaban J connectivity index is 4.18. The molecule has 62 valence electrons. The molecule has 0 saturated heterocycles. The summed E-state index contributed by atoms with van der Waals surface area (Å²) in [7, 11) is -3.72. The predicted molar refractivity (Wildman–Crippen MR) is 37.0 cm³/mol. The van der Waals surface area contributed by atoms with Gasteiger partial charge in [-0.25, -0.2) is 5.26 Å². The maximum atomic E-state index is 10.5. The summed E-state index contributed by atoms with van der Waals surface area (Å²) < 4.78 is 24.4. The smallest absolute Gasteiger partial charge is 0.235 e. The fraction of sp³-hybridized carbons (Fsp3) is 1.00. The van der Waals surface area contributed by atoms with Crippen LogP contribution in [0.1, 0.15) is 20.8 Å². The fourth-order valence-corrected chi connectivity index (χ4v) is 1.67. The normalized spacial score (nSPS) is 13.6. The molecule has 0 unspecified atom stereocenters. The van der Waals surface area contributed by atoms with Crippen molar-refractivity contribution < 1.29 is 18.0 Å². The molecule has 0 aliphatic carbocycles. The molecule has 10 heavy (non-hydrogen) atoms. The van der Waals surface area contributed by atoms with Crippen LogP contribution in [0.3, 0.4) is 0 Å². The molecule has 0 radical (unpaired) electrons. The first-order valence-corrected chi connectivity index (χ1v) is 4.40. The third-order valence-electron chi connectivity index (χ3n) is 0.723. The molecule has 0 heterocycles. The third-order valence-corrected chi connectivity index (χ3v) is 2.17. The fourth-order valence-electron chi connectivity index (χ4n) is 0.557. The van der Waals surface area contributed by atoms with Crippen LogP contribution in [0.2, 0.25) is 0 Å². The molecular weight excluding hydrogens is 156 g/mol. The molecule has 0 aromatic rings. The third kappa shape index (κ3) is 4.72. The van der Waals surface area contributed by atoms with Crippen molar-refractivity contribution in [1.29, 1.82) is 0 Å². The first-order valence-electron chi connectivity index (χ1n) is 2.82. The standard InChI is InChI=1S/C5H12O4S/c1-5(2,3)4-10(7,8)9-6/h6H,4H2,1-3H3. The molecule has 5 heteroatoms. The van der Waals surface area contributed by atoms with Crippen molar-refractivity contribution >= 4 is 10.1 Å². The second kappa shape index (κ2) is 2.86. The first kappa shape index (κ1) is 9.87. The van der Waals surface area contributed by atoms with Crippen LogP contribution in [-0.4, -0.2) is 19.4 Å². The summed E-state index contributed by atoms with van der Waals surface area (Å²) in [5, 5.41) is 7.87. The quantitative estimate of drug-likeness (QED) is 0.490. The molecular formula is C5H12O4S. The largest absolute Gasteiger partial charge is 0.293 e. The molecule has 4 nitrogen and oxygen atoms in total. The van der Waals surface area contributed by atoms with Gasteiger partial charge in [0, 0.05) is 0 Å². The molecule has 0 amide bonds. The van der Waals surface area contributed by atoms with Gasteiger partial charge in [-0.2, -0.15) is 8.42 Å². The molecule has 0 saturated carbocycles. The minimum absolute atomic E-state index is 0.184. The molecule has 0 rings (SSSR count). The van der Waals surface area contributed by atoms with Crippen LogP contribution in [0.4, 0.5) is 0 Å². The second-order valence-electron chi connectivity index (χ2n) is 3.34. The average molecular weight is 168 g/mol. The molecule has 0 aliphatic heterocycles. The SMILES string of the molecule is CC(C)(C)CS(=O)(=O)OO. The van der Waals surface area contributed by atoms with E-state index < -0.39 is 10.1 Å². The Morgan fingerprint density at radius 3 is 1.90 bits per heavy atom. The molecule has 0 bridgehead atoms. The zero-order chi connectivity index (χ0) is 8.41. The first-order chi connectivity index (χ1) is 4.27. The molecule has 0 atom stereocenters. The highest BCUT2D eigenvalue weighted by Crippen LogP contribution is 2.16. The molecule has 0 fully saturated rings. The summed E-state index contributed by atoms with van der Waals surface area (Å²) in [6, 6.07) is 0. The van der Waals surface area contributed by atoms with Crippen molar-refractivity contribution in [3.05, 3.63) is 0 Å². The van der Waals surface area contributed by atoms with Crippen LogP contribution in [0, 0.1) is 5.41 Å². The van der Waals surface area contributed by atoms with E-state index in [0.717, 1.165) is 0 Å². The monoisotopic (exact) mass is 168 g/mol. The summed E-state index contributed by atoms with van der Waals surface area (Å²) >= 11 is 0. The van der Waals surface area contributed by atoms with E-state index in [1.165, 1.54) is 0 Å². The van der Waals surface area contributed by atoms with Crippen molar-refractivity contribution in [1.82, 2.24) is 0 Å². The van der Waals surface area contributed by atoms with Gasteiger partial charge < -0.3 is 0 Å². The Labute approximate surface area is 60.9 Å². The van der Waals surface area contributed by atoms with Crippen molar-refractivity contribution in [2.75, 3.05) is 5.75 Å². The number of hydrogen-bond acceptors (Lipinski definition) is 4. The minimum atomic E-state index is -3.72. The van der Waals surface area contributed by atoms with Crippen LogP contribution in [0.15, 0.2) is 0 Å². The van der Waals surface area contributed by atoms with Crippen LogP contribution >= 0.6 is 0 Å². The summed E-state index contributed by atoms with van der Waals surface area (Å²) in [4.78, 5) is 0. The summed E-state index contributed by atoms with van der Waals surface area (Å²) in [6.07, 6.45) is 0. The Bertz CT molecular complexity index is 186. The number of hydrogen-bond donors (Lipinski definition) is 1. The molecule has 0 aliphatic rings. The van der Waals surface area contributed by atoms with E-state index in [1.807, 2.05) is 0 Å². The van der Waals surface area contributed by atoms with Crippen LogP contribution in [0.5, 0.6) is 0 Å². The van der Waals surface area contributed by atoms with Gasteiger partial charge in [-0.3, -0.25) is 0 Å². The highest BCUT2D eigenvalue weighted by Gasteiger charge is 2.21. The minimum Gasteiger partial charge on any atom is -0.235 e. The zero-order valence-electron chi connectivity index (χ0n) is 6.29. The lowest BCUT2D eigenvalue weighted by Crippen LogP contribution is -2.21. The molecule has 1 N–H and O–H groups in total. The summed E-state index contributed by atoms with van der Waals surface area (Å²) in [6.45, 7) is 5.22. The van der Waals surface area contributed by atoms with Gasteiger partial charge in [-0.15, -0.1) is 4.33 Å². The van der Waals surface area contributed by atoms with Gasteiger partial charge in [0.1, 0.15) is 0 Å². The van der Waals surface area contributed by atoms with Crippen LogP contribution in [0.25, 0.3) is 0 Å². The van der Waals surface area contributed by atoms with E-state index in [9.17, 15) is 8.42 Å². The Morgan fingerprint density at radius 1 is 1.40 bits per heavy atom. The van der Waals surface area contributed by atoms with Gasteiger partial charge in [0.25, 0.3) is 10.1 Å². The van der Waals surface area contributed by atoms with E-state index in [4.69, 9.17) is 5.26 Å². The zero-order valence-corrected chi connectivity index (χ0v) is 7.10. The predicted octanol–water partition coefficient (Wildman–Crippen LogP) is 0.852. The molecule has 0 aromatic heterocycles. The molecule has 0 aromatic carbocycles. The van der Waals surface area contributed by atoms with Crippen molar-refractivity contribution in [2.45, 2.75) is 20.8 Å². The van der Waals surface area contributed by atoms with Crippen molar-refractivity contribution in [2.24, 2.45) is 5.41 Å². The van der Waals surface area contributed by atoms with Crippen molar-refractivity contribution in [3.63, 3.8) is 0 Å². The Morgan fingerprint density at radius 2 is 1.80 bits per heavy atom. The van der Waals surface area contributed by atoms with Gasteiger partial charge in [-0.05, 0) is 5.41 Å². The van der Waals surface area contributed by atoms with Gasteiger partial charge in [0.05, 0.1) is 5.75 Å². The lowest BCUT2D eigenvalue weighted by molar-refractivity contribution is -0.131. The lowest BCUT2D eigenvalue weighted by atomic mass is 10.0. The van der Waals surface area contributed by atoms with Gasteiger partial charge in [-0.1, -0.05) is 20.8 Å². The Kier molecular flexibility index (Phi) is 2.82. The molecule has 0 spiro atoms. The van der Waals surface area contributed by atoms with Gasteiger partial charge in [0.15, 0.2) is 0 Å². The highest BCUT2D eigenvalue weighted by atomic mass is 32.2. The van der Waals surface area contributed by atoms with Crippen LogP contribution in [-0.2, 0) is 14.5 Å².